The lowest BCUT2D eigenvalue weighted by atomic mass is 10.1. The van der Waals surface area contributed by atoms with Crippen LogP contribution in [0.3, 0.4) is 0 Å². The number of hydrogen-bond donors (Lipinski definition) is 2. The molecule has 6 heteroatoms. The summed E-state index contributed by atoms with van der Waals surface area (Å²) in [5, 5.41) is 0.595. The summed E-state index contributed by atoms with van der Waals surface area (Å²) in [4.78, 5) is 4.47. The third-order valence-electron chi connectivity index (χ3n) is 2.68. The van der Waals surface area contributed by atoms with Crippen molar-refractivity contribution in [3.63, 3.8) is 0 Å². The second kappa shape index (κ2) is 5.20. The van der Waals surface area contributed by atoms with E-state index in [0.717, 1.165) is 28.7 Å². The predicted octanol–water partition coefficient (Wildman–Crippen LogP) is 3.21. The lowest BCUT2D eigenvalue weighted by Gasteiger charge is -2.03. The quantitative estimate of drug-likeness (QED) is 0.849. The van der Waals surface area contributed by atoms with E-state index in [9.17, 15) is 0 Å². The predicted molar refractivity (Wildman–Crippen MR) is 78.9 cm³/mol. The SMILES string of the molecule is CCCc1nc(-c2ccc(Br)cc2Cl)c(N)n1N. The highest BCUT2D eigenvalue weighted by Gasteiger charge is 2.16. The minimum Gasteiger partial charge on any atom is -0.382 e. The molecule has 0 aliphatic heterocycles. The number of nitrogens with two attached hydrogens (primary N) is 2. The van der Waals surface area contributed by atoms with Crippen LogP contribution < -0.4 is 11.6 Å². The van der Waals surface area contributed by atoms with Gasteiger partial charge in [-0.2, -0.15) is 0 Å². The van der Waals surface area contributed by atoms with E-state index in [1.807, 2.05) is 18.2 Å². The van der Waals surface area contributed by atoms with E-state index in [0.29, 0.717) is 16.5 Å². The van der Waals surface area contributed by atoms with Gasteiger partial charge in [0.2, 0.25) is 0 Å². The van der Waals surface area contributed by atoms with Gasteiger partial charge in [-0.3, -0.25) is 0 Å². The summed E-state index contributed by atoms with van der Waals surface area (Å²) in [5.41, 5.74) is 7.41. The van der Waals surface area contributed by atoms with Gasteiger partial charge in [0.05, 0.1) is 5.02 Å². The molecule has 2 aromatic rings. The average Bonchev–Trinajstić information content (AvgIpc) is 2.58. The fourth-order valence-corrected chi connectivity index (χ4v) is 2.54. The standard InChI is InChI=1S/C12H14BrClN4/c1-2-3-10-17-11(12(15)18(10)16)8-5-4-7(13)6-9(8)14/h4-6H,2-3,15-16H2,1H3. The molecule has 0 amide bonds. The molecule has 0 spiro atoms. The number of halogens is 2. The molecular weight excluding hydrogens is 316 g/mol. The summed E-state index contributed by atoms with van der Waals surface area (Å²) in [5.74, 6) is 7.08. The van der Waals surface area contributed by atoms with Crippen LogP contribution in [0.25, 0.3) is 11.3 Å². The molecular formula is C12H14BrClN4. The summed E-state index contributed by atoms with van der Waals surface area (Å²) in [6, 6.07) is 5.59. The van der Waals surface area contributed by atoms with Crippen LogP contribution >= 0.6 is 27.5 Å². The van der Waals surface area contributed by atoms with E-state index < -0.39 is 0 Å². The third-order valence-corrected chi connectivity index (χ3v) is 3.49. The third kappa shape index (κ3) is 2.33. The van der Waals surface area contributed by atoms with Gasteiger partial charge >= 0.3 is 0 Å². The van der Waals surface area contributed by atoms with Crippen molar-refractivity contribution in [1.82, 2.24) is 9.66 Å². The Hall–Kier alpha value is -1.20. The van der Waals surface area contributed by atoms with Crippen molar-refractivity contribution in [2.24, 2.45) is 0 Å². The van der Waals surface area contributed by atoms with Crippen LogP contribution in [-0.4, -0.2) is 9.66 Å². The maximum atomic E-state index is 6.20. The number of aromatic nitrogens is 2. The van der Waals surface area contributed by atoms with Crippen molar-refractivity contribution in [2.75, 3.05) is 11.6 Å². The molecule has 0 saturated carbocycles. The molecule has 1 heterocycles. The van der Waals surface area contributed by atoms with Gasteiger partial charge in [-0.15, -0.1) is 0 Å². The molecule has 4 N–H and O–H groups in total. The number of nitrogens with zero attached hydrogens (tertiary/aromatic N) is 2. The zero-order valence-electron chi connectivity index (χ0n) is 9.95. The Labute approximate surface area is 119 Å². The lowest BCUT2D eigenvalue weighted by molar-refractivity contribution is 0.794. The molecule has 0 saturated heterocycles. The first-order valence-electron chi connectivity index (χ1n) is 5.62. The zero-order chi connectivity index (χ0) is 13.3. The van der Waals surface area contributed by atoms with E-state index in [1.165, 1.54) is 4.68 Å². The molecule has 0 fully saturated rings. The van der Waals surface area contributed by atoms with Gasteiger partial charge in [0.1, 0.15) is 11.5 Å². The van der Waals surface area contributed by atoms with Crippen LogP contribution in [0.1, 0.15) is 19.2 Å². The van der Waals surface area contributed by atoms with E-state index in [4.69, 9.17) is 23.2 Å². The van der Waals surface area contributed by atoms with Crippen molar-refractivity contribution in [2.45, 2.75) is 19.8 Å². The maximum Gasteiger partial charge on any atom is 0.150 e. The number of hydrogen-bond acceptors (Lipinski definition) is 3. The van der Waals surface area contributed by atoms with Crippen molar-refractivity contribution in [3.8, 4) is 11.3 Å². The molecule has 0 atom stereocenters. The van der Waals surface area contributed by atoms with Crippen molar-refractivity contribution in [3.05, 3.63) is 33.5 Å². The van der Waals surface area contributed by atoms with Gasteiger partial charge in [0.15, 0.2) is 5.82 Å². The first kappa shape index (κ1) is 13.2. The number of imidazole rings is 1. The Balaban J connectivity index is 2.53. The largest absolute Gasteiger partial charge is 0.382 e. The number of rotatable bonds is 3. The Bertz CT molecular complexity index is 580. The van der Waals surface area contributed by atoms with E-state index >= 15 is 0 Å². The van der Waals surface area contributed by atoms with Gasteiger partial charge in [0.25, 0.3) is 0 Å². The summed E-state index contributed by atoms with van der Waals surface area (Å²) < 4.78 is 2.34. The molecule has 1 aromatic heterocycles. The Morgan fingerprint density at radius 3 is 2.78 bits per heavy atom. The highest BCUT2D eigenvalue weighted by Crippen LogP contribution is 2.33. The van der Waals surface area contributed by atoms with Gasteiger partial charge in [-0.25, -0.2) is 9.66 Å². The molecule has 0 aliphatic carbocycles. The first-order chi connectivity index (χ1) is 8.54. The van der Waals surface area contributed by atoms with Gasteiger partial charge in [-0.05, 0) is 18.6 Å². The van der Waals surface area contributed by atoms with Gasteiger partial charge in [-0.1, -0.05) is 40.5 Å². The van der Waals surface area contributed by atoms with Crippen molar-refractivity contribution in [1.29, 1.82) is 0 Å². The molecule has 2 rings (SSSR count). The minimum absolute atomic E-state index is 0.433. The molecule has 0 radical (unpaired) electrons. The van der Waals surface area contributed by atoms with Crippen LogP contribution in [0.2, 0.25) is 5.02 Å². The number of benzene rings is 1. The Morgan fingerprint density at radius 2 is 2.17 bits per heavy atom. The van der Waals surface area contributed by atoms with E-state index in [2.05, 4.69) is 27.8 Å². The molecule has 0 aliphatic rings. The number of anilines is 1. The van der Waals surface area contributed by atoms with Crippen LogP contribution in [-0.2, 0) is 6.42 Å². The van der Waals surface area contributed by atoms with Gasteiger partial charge < -0.3 is 11.6 Å². The fourth-order valence-electron chi connectivity index (χ4n) is 1.77. The number of aryl methyl sites for hydroxylation is 1. The van der Waals surface area contributed by atoms with E-state index in [-0.39, 0.29) is 0 Å². The van der Waals surface area contributed by atoms with Crippen LogP contribution in [0.15, 0.2) is 22.7 Å². The highest BCUT2D eigenvalue weighted by molar-refractivity contribution is 9.10. The fraction of sp³-hybridized carbons (Fsp3) is 0.250. The molecule has 4 nitrogen and oxygen atoms in total. The summed E-state index contributed by atoms with van der Waals surface area (Å²) in [6.45, 7) is 2.07. The normalized spacial score (nSPS) is 10.8. The first-order valence-corrected chi connectivity index (χ1v) is 6.79. The van der Waals surface area contributed by atoms with Crippen molar-refractivity contribution >= 4 is 33.3 Å². The lowest BCUT2D eigenvalue weighted by Crippen LogP contribution is -2.15. The smallest absolute Gasteiger partial charge is 0.150 e. The van der Waals surface area contributed by atoms with Gasteiger partial charge in [0, 0.05) is 16.5 Å². The molecule has 1 aromatic carbocycles. The summed E-state index contributed by atoms with van der Waals surface area (Å²) in [6.07, 6.45) is 1.75. The summed E-state index contributed by atoms with van der Waals surface area (Å²) >= 11 is 9.56. The maximum absolute atomic E-state index is 6.20. The minimum atomic E-state index is 0.433. The summed E-state index contributed by atoms with van der Waals surface area (Å²) in [7, 11) is 0. The van der Waals surface area contributed by atoms with Crippen molar-refractivity contribution < 1.29 is 0 Å². The Morgan fingerprint density at radius 1 is 1.44 bits per heavy atom. The van der Waals surface area contributed by atoms with Crippen LogP contribution in [0.5, 0.6) is 0 Å². The second-order valence-electron chi connectivity index (χ2n) is 4.01. The second-order valence-corrected chi connectivity index (χ2v) is 5.33. The molecule has 0 bridgehead atoms. The zero-order valence-corrected chi connectivity index (χ0v) is 12.3. The highest BCUT2D eigenvalue weighted by atomic mass is 79.9. The average molecular weight is 330 g/mol. The topological polar surface area (TPSA) is 69.9 Å². The molecule has 0 unspecified atom stereocenters. The molecule has 18 heavy (non-hydrogen) atoms. The van der Waals surface area contributed by atoms with Crippen LogP contribution in [0.4, 0.5) is 5.82 Å². The molecule has 96 valence electrons. The Kier molecular flexibility index (Phi) is 3.82. The number of nitrogen functional groups attached to an aromatic ring is 2. The van der Waals surface area contributed by atoms with E-state index in [1.54, 1.807) is 0 Å². The monoisotopic (exact) mass is 328 g/mol. The van der Waals surface area contributed by atoms with Crippen LogP contribution in [0, 0.1) is 0 Å².